The zero-order valence-electron chi connectivity index (χ0n) is 16.3. The Hall–Kier alpha value is -2.69. The lowest BCUT2D eigenvalue weighted by Crippen LogP contribution is -2.26. The second-order valence-electron chi connectivity index (χ2n) is 8.17. The maximum absolute atomic E-state index is 13.0. The third kappa shape index (κ3) is 3.41. The van der Waals surface area contributed by atoms with Gasteiger partial charge >= 0.3 is 0 Å². The Morgan fingerprint density at radius 1 is 1.18 bits per heavy atom. The fourth-order valence-corrected chi connectivity index (χ4v) is 3.77. The summed E-state index contributed by atoms with van der Waals surface area (Å²) in [6, 6.07) is 12.3. The van der Waals surface area contributed by atoms with Gasteiger partial charge in [-0.05, 0) is 49.7 Å². The van der Waals surface area contributed by atoms with Crippen LogP contribution in [0.5, 0.6) is 0 Å². The van der Waals surface area contributed by atoms with E-state index in [2.05, 4.69) is 24.4 Å². The van der Waals surface area contributed by atoms with Crippen LogP contribution in [0.15, 0.2) is 36.4 Å². The van der Waals surface area contributed by atoms with Gasteiger partial charge in [-0.1, -0.05) is 37.3 Å². The van der Waals surface area contributed by atoms with E-state index in [1.165, 1.54) is 18.4 Å². The number of aromatic nitrogens is 3. The molecule has 0 unspecified atom stereocenters. The molecule has 2 aliphatic rings. The highest BCUT2D eigenvalue weighted by Gasteiger charge is 2.32. The van der Waals surface area contributed by atoms with Crippen molar-refractivity contribution in [1.29, 1.82) is 0 Å². The highest BCUT2D eigenvalue weighted by atomic mass is 16.1. The van der Waals surface area contributed by atoms with Crippen molar-refractivity contribution in [3.05, 3.63) is 58.9 Å². The molecule has 28 heavy (non-hydrogen) atoms. The Labute approximate surface area is 165 Å². The van der Waals surface area contributed by atoms with E-state index in [1.807, 2.05) is 28.9 Å². The number of nitrogens with one attached hydrogen (secondary N) is 1. The van der Waals surface area contributed by atoms with E-state index in [0.717, 1.165) is 53.8 Å². The van der Waals surface area contributed by atoms with Crippen LogP contribution in [0.1, 0.15) is 65.8 Å². The number of fused-ring (bicyclic) bond motifs is 1. The normalized spacial score (nSPS) is 16.5. The van der Waals surface area contributed by atoms with E-state index in [4.69, 9.17) is 10.1 Å². The summed E-state index contributed by atoms with van der Waals surface area (Å²) in [4.78, 5) is 17.9. The molecule has 2 fully saturated rings. The molecule has 144 valence electrons. The SMILES string of the molecule is CCc1cc(C(=O)NCC2CC2)c2c(C3CC3)nn(Cc3ccccc3)c2n1. The summed E-state index contributed by atoms with van der Waals surface area (Å²) in [7, 11) is 0. The van der Waals surface area contributed by atoms with Crippen molar-refractivity contribution in [2.45, 2.75) is 51.5 Å². The Balaban J connectivity index is 1.60. The zero-order valence-corrected chi connectivity index (χ0v) is 16.3. The van der Waals surface area contributed by atoms with Crippen LogP contribution in [0.2, 0.25) is 0 Å². The number of aryl methyl sites for hydroxylation is 1. The zero-order chi connectivity index (χ0) is 19.1. The largest absolute Gasteiger partial charge is 0.352 e. The third-order valence-corrected chi connectivity index (χ3v) is 5.78. The van der Waals surface area contributed by atoms with Gasteiger partial charge in [-0.25, -0.2) is 9.67 Å². The maximum Gasteiger partial charge on any atom is 0.252 e. The molecular weight excluding hydrogens is 348 g/mol. The number of pyridine rings is 1. The van der Waals surface area contributed by atoms with Crippen LogP contribution >= 0.6 is 0 Å². The minimum absolute atomic E-state index is 0.0233. The molecule has 0 spiro atoms. The predicted molar refractivity (Wildman–Crippen MR) is 109 cm³/mol. The summed E-state index contributed by atoms with van der Waals surface area (Å²) in [5.74, 6) is 1.15. The Bertz CT molecular complexity index is 1020. The summed E-state index contributed by atoms with van der Waals surface area (Å²) in [5.41, 5.74) is 4.79. The molecule has 1 amide bonds. The first-order valence-corrected chi connectivity index (χ1v) is 10.5. The second kappa shape index (κ2) is 7.04. The summed E-state index contributed by atoms with van der Waals surface area (Å²) < 4.78 is 2.00. The average molecular weight is 374 g/mol. The van der Waals surface area contributed by atoms with Crippen molar-refractivity contribution >= 4 is 16.9 Å². The van der Waals surface area contributed by atoms with Gasteiger partial charge in [-0.3, -0.25) is 4.79 Å². The lowest BCUT2D eigenvalue weighted by atomic mass is 10.1. The maximum atomic E-state index is 13.0. The lowest BCUT2D eigenvalue weighted by molar-refractivity contribution is 0.0953. The van der Waals surface area contributed by atoms with Crippen molar-refractivity contribution in [3.8, 4) is 0 Å². The molecule has 3 aromatic rings. The van der Waals surface area contributed by atoms with E-state index in [0.29, 0.717) is 18.4 Å². The van der Waals surface area contributed by atoms with Crippen molar-refractivity contribution in [2.24, 2.45) is 5.92 Å². The van der Waals surface area contributed by atoms with Gasteiger partial charge in [0.1, 0.15) is 0 Å². The minimum Gasteiger partial charge on any atom is -0.352 e. The molecule has 1 N–H and O–H groups in total. The second-order valence-corrected chi connectivity index (χ2v) is 8.17. The number of carbonyl (C=O) groups is 1. The molecule has 2 aliphatic carbocycles. The van der Waals surface area contributed by atoms with Crippen LogP contribution in [-0.2, 0) is 13.0 Å². The summed E-state index contributed by atoms with van der Waals surface area (Å²) in [6.45, 7) is 3.54. The smallest absolute Gasteiger partial charge is 0.252 e. The quantitative estimate of drug-likeness (QED) is 0.678. The van der Waals surface area contributed by atoms with Gasteiger partial charge in [0, 0.05) is 18.2 Å². The lowest BCUT2D eigenvalue weighted by Gasteiger charge is -2.09. The predicted octanol–water partition coefficient (Wildman–Crippen LogP) is 4.06. The van der Waals surface area contributed by atoms with Crippen molar-refractivity contribution in [3.63, 3.8) is 0 Å². The average Bonchev–Trinajstić information content (AvgIpc) is 3.65. The van der Waals surface area contributed by atoms with Gasteiger partial charge in [-0.15, -0.1) is 0 Å². The van der Waals surface area contributed by atoms with Crippen LogP contribution in [0, 0.1) is 5.92 Å². The monoisotopic (exact) mass is 374 g/mol. The molecule has 1 aromatic carbocycles. The fourth-order valence-electron chi connectivity index (χ4n) is 3.77. The number of nitrogens with zero attached hydrogens (tertiary/aromatic N) is 3. The Kier molecular flexibility index (Phi) is 4.38. The number of amides is 1. The van der Waals surface area contributed by atoms with E-state index < -0.39 is 0 Å². The molecule has 2 aromatic heterocycles. The van der Waals surface area contributed by atoms with Crippen molar-refractivity contribution < 1.29 is 4.79 Å². The van der Waals surface area contributed by atoms with E-state index in [9.17, 15) is 4.79 Å². The Morgan fingerprint density at radius 2 is 1.96 bits per heavy atom. The van der Waals surface area contributed by atoms with Crippen molar-refractivity contribution in [1.82, 2.24) is 20.1 Å². The molecule has 5 rings (SSSR count). The van der Waals surface area contributed by atoms with Crippen molar-refractivity contribution in [2.75, 3.05) is 6.54 Å². The van der Waals surface area contributed by atoms with Crippen LogP contribution in [0.3, 0.4) is 0 Å². The highest BCUT2D eigenvalue weighted by Crippen LogP contribution is 2.43. The van der Waals surface area contributed by atoms with Gasteiger partial charge in [0.2, 0.25) is 0 Å². The molecule has 2 saturated carbocycles. The first-order valence-electron chi connectivity index (χ1n) is 10.5. The summed E-state index contributed by atoms with van der Waals surface area (Å²) in [5, 5.41) is 9.05. The van der Waals surface area contributed by atoms with E-state index >= 15 is 0 Å². The fraction of sp³-hybridized carbons (Fsp3) is 0.435. The number of carbonyl (C=O) groups excluding carboxylic acids is 1. The number of hydrogen-bond donors (Lipinski definition) is 1. The first-order chi connectivity index (χ1) is 13.7. The number of rotatable bonds is 7. The molecule has 0 aliphatic heterocycles. The van der Waals surface area contributed by atoms with Gasteiger partial charge in [0.25, 0.3) is 5.91 Å². The summed E-state index contributed by atoms with van der Waals surface area (Å²) in [6.07, 6.45) is 5.56. The molecule has 0 atom stereocenters. The molecule has 5 nitrogen and oxygen atoms in total. The topological polar surface area (TPSA) is 59.8 Å². The summed E-state index contributed by atoms with van der Waals surface area (Å²) >= 11 is 0. The molecule has 0 saturated heterocycles. The van der Waals surface area contributed by atoms with Gasteiger partial charge in [0.05, 0.1) is 23.2 Å². The van der Waals surface area contributed by atoms with Gasteiger partial charge < -0.3 is 5.32 Å². The molecule has 0 bridgehead atoms. The van der Waals surface area contributed by atoms with E-state index in [1.54, 1.807) is 0 Å². The molecule has 2 heterocycles. The molecule has 5 heteroatoms. The molecular formula is C23H26N4O. The Morgan fingerprint density at radius 3 is 2.64 bits per heavy atom. The van der Waals surface area contributed by atoms with Crippen LogP contribution in [0.25, 0.3) is 11.0 Å². The first kappa shape index (κ1) is 17.4. The number of benzene rings is 1. The molecule has 0 radical (unpaired) electrons. The third-order valence-electron chi connectivity index (χ3n) is 5.78. The highest BCUT2D eigenvalue weighted by molar-refractivity contribution is 6.06. The van der Waals surface area contributed by atoms with E-state index in [-0.39, 0.29) is 5.91 Å². The standard InChI is InChI=1S/C23H26N4O/c1-2-18-12-19(23(28)24-13-15-8-9-15)20-21(17-10-11-17)26-27(22(20)25-18)14-16-6-4-3-5-7-16/h3-7,12,15,17H,2,8-11,13-14H2,1H3,(H,24,28). The van der Waals surface area contributed by atoms with Crippen LogP contribution in [-0.4, -0.2) is 27.2 Å². The minimum atomic E-state index is 0.0233. The van der Waals surface area contributed by atoms with Gasteiger partial charge in [-0.2, -0.15) is 5.10 Å². The van der Waals surface area contributed by atoms with Gasteiger partial charge in [0.15, 0.2) is 5.65 Å². The van der Waals surface area contributed by atoms with Crippen LogP contribution < -0.4 is 5.32 Å². The number of hydrogen-bond acceptors (Lipinski definition) is 3. The van der Waals surface area contributed by atoms with Crippen LogP contribution in [0.4, 0.5) is 0 Å².